The smallest absolute Gasteiger partial charge is 0.337 e. The number of carbonyl (C=O) groups excluding carboxylic acids is 1. The van der Waals surface area contributed by atoms with Crippen LogP contribution in [0.25, 0.3) is 6.08 Å². The molecule has 0 saturated carbocycles. The molecule has 0 aliphatic rings. The van der Waals surface area contributed by atoms with E-state index < -0.39 is 5.97 Å². The highest BCUT2D eigenvalue weighted by Gasteiger charge is 2.13. The molecule has 0 saturated heterocycles. The van der Waals surface area contributed by atoms with Crippen molar-refractivity contribution in [3.05, 3.63) is 102 Å². The zero-order valence-corrected chi connectivity index (χ0v) is 19.9. The van der Waals surface area contributed by atoms with Crippen LogP contribution in [0.1, 0.15) is 27.2 Å². The summed E-state index contributed by atoms with van der Waals surface area (Å²) in [5, 5.41) is 3.39. The van der Waals surface area contributed by atoms with Gasteiger partial charge in [0.15, 0.2) is 5.84 Å². The number of hydrogen-bond donors (Lipinski definition) is 2. The fourth-order valence-corrected chi connectivity index (χ4v) is 3.01. The number of ether oxygens (including phenoxy) is 4. The van der Waals surface area contributed by atoms with Crippen molar-refractivity contribution in [2.45, 2.75) is 13.2 Å². The molecule has 9 heteroatoms. The van der Waals surface area contributed by atoms with Crippen LogP contribution in [-0.4, -0.2) is 30.5 Å². The summed E-state index contributed by atoms with van der Waals surface area (Å²) in [6.07, 6.45) is 7.26. The number of nitrogens with zero attached hydrogens (tertiary/aromatic N) is 2. The predicted molar refractivity (Wildman–Crippen MR) is 138 cm³/mol. The monoisotopic (exact) mass is 488 g/mol. The molecule has 0 atom stereocenters. The molecular formula is C27H28N4O5. The maximum absolute atomic E-state index is 11.9. The first-order valence-electron chi connectivity index (χ1n) is 11.0. The van der Waals surface area contributed by atoms with E-state index in [1.165, 1.54) is 7.11 Å². The summed E-state index contributed by atoms with van der Waals surface area (Å²) in [5.41, 5.74) is 8.42. The van der Waals surface area contributed by atoms with Crippen LogP contribution in [0.4, 0.5) is 0 Å². The summed E-state index contributed by atoms with van der Waals surface area (Å²) in [4.78, 5) is 16.3. The Hall–Kier alpha value is -4.79. The fraction of sp³-hybridized carbons (Fsp3) is 0.148. The van der Waals surface area contributed by atoms with E-state index in [-0.39, 0.29) is 19.0 Å². The number of hydrazone groups is 1. The number of carbonyl (C=O) groups is 1. The fourth-order valence-electron chi connectivity index (χ4n) is 3.01. The molecule has 0 radical (unpaired) electrons. The molecule has 0 aliphatic heterocycles. The molecule has 1 aromatic heterocycles. The molecule has 2 aromatic carbocycles. The van der Waals surface area contributed by atoms with E-state index in [9.17, 15) is 4.79 Å². The van der Waals surface area contributed by atoms with Crippen LogP contribution in [0.5, 0.6) is 17.2 Å². The molecule has 9 nitrogen and oxygen atoms in total. The summed E-state index contributed by atoms with van der Waals surface area (Å²) < 4.78 is 22.3. The number of aromatic nitrogens is 1. The van der Waals surface area contributed by atoms with Crippen molar-refractivity contribution in [2.24, 2.45) is 16.7 Å². The number of rotatable bonds is 12. The van der Waals surface area contributed by atoms with Gasteiger partial charge in [-0.3, -0.25) is 4.98 Å². The van der Waals surface area contributed by atoms with Crippen LogP contribution >= 0.6 is 0 Å². The minimum atomic E-state index is -0.491. The van der Waals surface area contributed by atoms with Crippen molar-refractivity contribution in [1.82, 2.24) is 4.98 Å². The standard InChI is InChI=1S/C27H28N4O5/c1-3-4-6-19-9-12-22(30-15-19)17-35-24-8-5-7-23(14-24)34-16-21-11-10-20(27(32)33-2)13-25(21)36-18-26(28)31-29/h3-15H,1,16-18,29H2,2H3,(H2,28,31)/b6-4-. The lowest BCUT2D eigenvalue weighted by Gasteiger charge is -2.14. The largest absolute Gasteiger partial charge is 0.489 e. The van der Waals surface area contributed by atoms with Crippen LogP contribution in [0.15, 0.2) is 84.6 Å². The molecule has 0 spiro atoms. The van der Waals surface area contributed by atoms with Gasteiger partial charge in [-0.15, -0.1) is 0 Å². The van der Waals surface area contributed by atoms with E-state index >= 15 is 0 Å². The Balaban J connectivity index is 1.65. The molecule has 1 heterocycles. The average Bonchev–Trinajstić information content (AvgIpc) is 2.93. The third kappa shape index (κ3) is 7.63. The van der Waals surface area contributed by atoms with E-state index in [0.29, 0.717) is 35.0 Å². The van der Waals surface area contributed by atoms with Crippen LogP contribution in [0.2, 0.25) is 0 Å². The number of amidine groups is 1. The number of pyridine rings is 1. The summed E-state index contributed by atoms with van der Waals surface area (Å²) in [5.74, 6) is 6.41. The number of hydrogen-bond acceptors (Lipinski definition) is 8. The number of esters is 1. The lowest BCUT2D eigenvalue weighted by Crippen LogP contribution is -2.23. The van der Waals surface area contributed by atoms with Gasteiger partial charge in [-0.2, -0.15) is 5.10 Å². The Labute approximate surface area is 209 Å². The van der Waals surface area contributed by atoms with Gasteiger partial charge < -0.3 is 30.5 Å². The maximum atomic E-state index is 11.9. The Kier molecular flexibility index (Phi) is 9.46. The zero-order chi connectivity index (χ0) is 25.8. The van der Waals surface area contributed by atoms with Gasteiger partial charge in [-0.25, -0.2) is 4.79 Å². The van der Waals surface area contributed by atoms with Gasteiger partial charge in [-0.1, -0.05) is 43.0 Å². The molecule has 0 unspecified atom stereocenters. The maximum Gasteiger partial charge on any atom is 0.337 e. The van der Waals surface area contributed by atoms with E-state index in [4.69, 9.17) is 30.5 Å². The van der Waals surface area contributed by atoms with Crippen molar-refractivity contribution in [1.29, 1.82) is 0 Å². The second-order valence-electron chi connectivity index (χ2n) is 7.45. The van der Waals surface area contributed by atoms with E-state index in [0.717, 1.165) is 11.3 Å². The normalized spacial score (nSPS) is 11.2. The molecular weight excluding hydrogens is 460 g/mol. The van der Waals surface area contributed by atoms with Crippen molar-refractivity contribution in [3.8, 4) is 17.2 Å². The molecule has 0 aliphatic carbocycles. The highest BCUT2D eigenvalue weighted by atomic mass is 16.5. The van der Waals surface area contributed by atoms with E-state index in [1.807, 2.05) is 42.5 Å². The molecule has 36 heavy (non-hydrogen) atoms. The van der Waals surface area contributed by atoms with E-state index in [2.05, 4.69) is 16.7 Å². The Morgan fingerprint density at radius 3 is 2.50 bits per heavy atom. The van der Waals surface area contributed by atoms with Gasteiger partial charge in [0.05, 0.1) is 18.4 Å². The first-order valence-corrected chi connectivity index (χ1v) is 11.0. The minimum Gasteiger partial charge on any atom is -0.489 e. The lowest BCUT2D eigenvalue weighted by molar-refractivity contribution is 0.0600. The Morgan fingerprint density at radius 1 is 1.06 bits per heavy atom. The SMILES string of the molecule is C=C/C=C\c1ccc(COc2cccc(OCc3ccc(C(=O)OC)cc3OC/C(N)=N/N)c2)nc1. The number of allylic oxidation sites excluding steroid dienone is 2. The number of benzene rings is 2. The molecule has 0 amide bonds. The summed E-state index contributed by atoms with van der Waals surface area (Å²) in [7, 11) is 1.31. The number of methoxy groups -OCH3 is 1. The summed E-state index contributed by atoms with van der Waals surface area (Å²) >= 11 is 0. The predicted octanol–water partition coefficient (Wildman–Crippen LogP) is 3.84. The second kappa shape index (κ2) is 13.2. The quantitative estimate of drug-likeness (QED) is 0.0982. The van der Waals surface area contributed by atoms with Gasteiger partial charge >= 0.3 is 5.97 Å². The van der Waals surface area contributed by atoms with E-state index in [1.54, 1.807) is 36.5 Å². The van der Waals surface area contributed by atoms with Gasteiger partial charge in [0, 0.05) is 17.8 Å². The summed E-state index contributed by atoms with van der Waals surface area (Å²) in [6, 6.07) is 16.0. The van der Waals surface area contributed by atoms with Crippen molar-refractivity contribution in [3.63, 3.8) is 0 Å². The molecule has 4 N–H and O–H groups in total. The highest BCUT2D eigenvalue weighted by molar-refractivity contribution is 5.90. The van der Waals surface area contributed by atoms with Crippen LogP contribution in [0.3, 0.4) is 0 Å². The third-order valence-corrected chi connectivity index (χ3v) is 4.89. The van der Waals surface area contributed by atoms with Gasteiger partial charge in [0.25, 0.3) is 0 Å². The first-order chi connectivity index (χ1) is 17.5. The first kappa shape index (κ1) is 25.8. The topological polar surface area (TPSA) is 131 Å². The lowest BCUT2D eigenvalue weighted by atomic mass is 10.1. The van der Waals surface area contributed by atoms with Gasteiger partial charge in [0.1, 0.15) is 37.1 Å². The van der Waals surface area contributed by atoms with Crippen molar-refractivity contribution in [2.75, 3.05) is 13.7 Å². The number of nitrogens with two attached hydrogens (primary N) is 2. The van der Waals surface area contributed by atoms with Crippen LogP contribution in [-0.2, 0) is 18.0 Å². The van der Waals surface area contributed by atoms with Crippen molar-refractivity contribution < 1.29 is 23.7 Å². The molecule has 3 rings (SSSR count). The second-order valence-corrected chi connectivity index (χ2v) is 7.45. The Bertz CT molecular complexity index is 1240. The minimum absolute atomic E-state index is 0.0446. The highest BCUT2D eigenvalue weighted by Crippen LogP contribution is 2.25. The van der Waals surface area contributed by atoms with Crippen LogP contribution in [0, 0.1) is 0 Å². The van der Waals surface area contributed by atoms with Crippen LogP contribution < -0.4 is 25.8 Å². The molecule has 0 fully saturated rings. The molecule has 3 aromatic rings. The molecule has 0 bridgehead atoms. The molecule has 186 valence electrons. The Morgan fingerprint density at radius 2 is 1.83 bits per heavy atom. The van der Waals surface area contributed by atoms with Gasteiger partial charge in [0.2, 0.25) is 0 Å². The van der Waals surface area contributed by atoms with Crippen molar-refractivity contribution >= 4 is 17.9 Å². The average molecular weight is 489 g/mol. The zero-order valence-electron chi connectivity index (χ0n) is 19.9. The third-order valence-electron chi connectivity index (χ3n) is 4.89. The summed E-state index contributed by atoms with van der Waals surface area (Å²) in [6.45, 7) is 4.09. The van der Waals surface area contributed by atoms with Gasteiger partial charge in [-0.05, 0) is 35.9 Å².